The highest BCUT2D eigenvalue weighted by Gasteiger charge is 2.43. The summed E-state index contributed by atoms with van der Waals surface area (Å²) in [5, 5.41) is 61.2. The average molecular weight is 1630 g/mol. The fraction of sp³-hybridized carbons (Fsp3) is 0.692. The number of amides is 16. The number of nitrogens with two attached hydrogens (primary N) is 5. The van der Waals surface area contributed by atoms with Gasteiger partial charge in [-0.25, -0.2) is 0 Å². The number of thioether (sulfide) groups is 1. The average Bonchev–Trinajstić information content (AvgIpc) is 1.69. The summed E-state index contributed by atoms with van der Waals surface area (Å²) >= 11 is 1.28. The van der Waals surface area contributed by atoms with Crippen LogP contribution in [0.25, 0.3) is 0 Å². The van der Waals surface area contributed by atoms with Crippen molar-refractivity contribution in [1.82, 2.24) is 78.9 Å². The largest absolute Gasteiger partial charge is 0.481 e. The van der Waals surface area contributed by atoms with Gasteiger partial charge in [-0.3, -0.25) is 96.3 Å². The van der Waals surface area contributed by atoms with Gasteiger partial charge in [0, 0.05) is 44.6 Å². The van der Waals surface area contributed by atoms with Crippen LogP contribution in [0.1, 0.15) is 125 Å². The molecule has 0 bridgehead atoms. The zero-order chi connectivity index (χ0) is 83.4. The smallest absolute Gasteiger partial charge is 0.305 e. The number of primary amides is 1. The SMILES string of the molecule is CSCC[C@@H]1NC(=O)[C@@H](NC(=O)[C@H](CC(C)C)NC(=O)CNC(=O)[C@H](CO)NC(=O)[C@H](CC(=O)O)NC(C)=O)CSSC[C@@H](C(=O)N[C@@H](CC(=O)O)C(=O)N2CCC[C@H]2C(=O)N[C@@H](CCCN=C(N)N)C(N)=O)NC(=O)CNC(=O)[C@H](C)NC(=O)[C@H](CC(C)C)NC(=O)[C@H](CCCN=C(N)N)NC(=O)[C@@H]2CCCN2C1=O. The first-order valence-corrected chi connectivity index (χ1v) is 39.8. The number of carboxylic acids is 2. The molecule has 26 N–H and O–H groups in total. The van der Waals surface area contributed by atoms with Crippen molar-refractivity contribution in [1.29, 1.82) is 0 Å². The summed E-state index contributed by atoms with van der Waals surface area (Å²) in [6.45, 7) is 6.12. The first-order chi connectivity index (χ1) is 52.3. The number of likely N-dealkylation sites (tertiary alicyclic amines) is 1. The number of rotatable bonds is 35. The van der Waals surface area contributed by atoms with Crippen molar-refractivity contribution in [3.63, 3.8) is 0 Å². The highest BCUT2D eigenvalue weighted by molar-refractivity contribution is 8.76. The summed E-state index contributed by atoms with van der Waals surface area (Å²) in [5.41, 5.74) is 27.5. The number of fused-ring (bicyclic) bond motifs is 1. The number of carbonyl (C=O) groups is 18. The van der Waals surface area contributed by atoms with E-state index in [1.165, 1.54) is 23.6 Å². The molecule has 46 heteroatoms. The summed E-state index contributed by atoms with van der Waals surface area (Å²) in [5.74, 6) is -20.6. The second-order valence-corrected chi connectivity index (χ2v) is 30.8. The van der Waals surface area contributed by atoms with E-state index in [0.717, 1.165) is 33.4 Å². The van der Waals surface area contributed by atoms with Crippen LogP contribution in [0.3, 0.4) is 0 Å². The molecule has 0 aromatic heterocycles. The van der Waals surface area contributed by atoms with E-state index in [1.54, 1.807) is 34.0 Å². The number of aliphatic hydroxyl groups is 1. The normalized spacial score (nSPS) is 21.9. The van der Waals surface area contributed by atoms with Crippen LogP contribution >= 0.6 is 33.3 Å². The fourth-order valence-electron chi connectivity index (χ4n) is 11.6. The third-order valence-electron chi connectivity index (χ3n) is 17.1. The number of aliphatic hydroxyl groups excluding tert-OH is 1. The predicted octanol–water partition coefficient (Wildman–Crippen LogP) is -8.65. The predicted molar refractivity (Wildman–Crippen MR) is 406 cm³/mol. The number of nitrogens with zero attached hydrogens (tertiary/aromatic N) is 4. The Morgan fingerprint density at radius 1 is 0.622 bits per heavy atom. The number of nitrogens with one attached hydrogen (secondary N) is 13. The molecule has 3 aliphatic heterocycles. The first kappa shape index (κ1) is 95.2. The molecule has 3 heterocycles. The summed E-state index contributed by atoms with van der Waals surface area (Å²) in [7, 11) is 1.54. The third kappa shape index (κ3) is 34.4. The number of hydrogen-bond donors (Lipinski definition) is 21. The lowest BCUT2D eigenvalue weighted by Gasteiger charge is -2.31. The summed E-state index contributed by atoms with van der Waals surface area (Å²) < 4.78 is 0. The number of guanidine groups is 2. The van der Waals surface area contributed by atoms with E-state index in [9.17, 15) is 92.0 Å². The van der Waals surface area contributed by atoms with Crippen LogP contribution in [0, 0.1) is 11.8 Å². The zero-order valence-corrected chi connectivity index (χ0v) is 65.5. The fourth-order valence-corrected chi connectivity index (χ4v) is 14.4. The standard InChI is InChI=1S/C65H108N22O21S3/c1-31(2)22-38(77-47(90)27-74-53(98)42(28-88)84-57(102)40(24-49(92)93)76-34(6)89)56(101)85-44-30-111-110-29-43(58(103)83-41(25-50(94)95)63(108)87-20-11-14-45(87)60(105)79-35(51(66)96)12-8-17-71-64(67)68)78-48(91)26-73-52(97)33(5)75-55(100)39(23-32(3)4)82-54(99)36(13-9-18-72-65(69)70)80-61(106)46-15-10-19-86(46)62(107)37(16-21-109-7)81-59(44)104/h31-33,35-46,88H,8-30H2,1-7H3,(H2,66,96)(H,73,97)(H,74,98)(H,75,100)(H,76,89)(H,77,90)(H,78,91)(H,79,105)(H,80,106)(H,81,104)(H,82,99)(H,83,103)(H,84,102)(H,85,101)(H,92,93)(H,94,95)(H4,67,68,71)(H4,69,70,72)/t33-,35-,36-,37-,38-,39-,40-,41-,42-,43-,44-,45-,46-/m0/s1. The lowest BCUT2D eigenvalue weighted by atomic mass is 10.0. The molecule has 0 unspecified atom stereocenters. The molecule has 622 valence electrons. The van der Waals surface area contributed by atoms with E-state index in [0.29, 0.717) is 0 Å². The molecule has 0 saturated carbocycles. The minimum absolute atomic E-state index is 0.000778. The Morgan fingerprint density at radius 2 is 1.23 bits per heavy atom. The summed E-state index contributed by atoms with van der Waals surface area (Å²) in [4.78, 5) is 256. The molecule has 13 atom stereocenters. The molecule has 3 fully saturated rings. The minimum atomic E-state index is -1.95. The molecule has 3 saturated heterocycles. The van der Waals surface area contributed by atoms with E-state index in [2.05, 4.69) is 79.1 Å². The van der Waals surface area contributed by atoms with Gasteiger partial charge in [-0.1, -0.05) is 49.3 Å². The number of carbonyl (C=O) groups excluding carboxylic acids is 16. The Morgan fingerprint density at radius 3 is 1.83 bits per heavy atom. The quantitative estimate of drug-likeness (QED) is 0.0121. The highest BCUT2D eigenvalue weighted by Crippen LogP contribution is 2.26. The Kier molecular flexibility index (Phi) is 41.7. The van der Waals surface area contributed by atoms with Gasteiger partial charge in [0.2, 0.25) is 94.5 Å². The molecule has 16 amide bonds. The van der Waals surface area contributed by atoms with Gasteiger partial charge >= 0.3 is 11.9 Å². The summed E-state index contributed by atoms with van der Waals surface area (Å²) in [6, 6.07) is -19.8. The van der Waals surface area contributed by atoms with Crippen molar-refractivity contribution >= 4 is 152 Å². The van der Waals surface area contributed by atoms with Gasteiger partial charge in [-0.05, 0) is 101 Å². The molecular formula is C65H108N22O21S3. The molecular weight excluding hydrogens is 1520 g/mol. The third-order valence-corrected chi connectivity index (χ3v) is 20.2. The van der Waals surface area contributed by atoms with Crippen molar-refractivity contribution < 1.29 is 102 Å². The second-order valence-electron chi connectivity index (χ2n) is 27.3. The van der Waals surface area contributed by atoms with E-state index in [-0.39, 0.29) is 120 Å². The van der Waals surface area contributed by atoms with Crippen LogP contribution in [0.2, 0.25) is 0 Å². The maximum atomic E-state index is 15.0. The maximum Gasteiger partial charge on any atom is 0.305 e. The van der Waals surface area contributed by atoms with Crippen LogP contribution in [-0.2, 0) is 86.3 Å². The number of aliphatic carboxylic acids is 2. The zero-order valence-electron chi connectivity index (χ0n) is 63.0. The van der Waals surface area contributed by atoms with E-state index in [4.69, 9.17) is 28.7 Å². The first-order valence-electron chi connectivity index (χ1n) is 35.9. The van der Waals surface area contributed by atoms with E-state index in [1.807, 2.05) is 0 Å². The van der Waals surface area contributed by atoms with Crippen LogP contribution in [0.15, 0.2) is 9.98 Å². The molecule has 0 spiro atoms. The van der Waals surface area contributed by atoms with Crippen LogP contribution in [0.4, 0.5) is 0 Å². The Bertz CT molecular complexity index is 3370. The molecule has 0 radical (unpaired) electrons. The topological polar surface area (TPSA) is 686 Å². The van der Waals surface area contributed by atoms with Crippen molar-refractivity contribution in [2.75, 3.05) is 69.4 Å². The van der Waals surface area contributed by atoms with Crippen molar-refractivity contribution in [3.8, 4) is 0 Å². The van der Waals surface area contributed by atoms with Crippen molar-refractivity contribution in [2.45, 2.75) is 204 Å². The van der Waals surface area contributed by atoms with Crippen LogP contribution < -0.4 is 97.8 Å². The van der Waals surface area contributed by atoms with Gasteiger partial charge < -0.3 is 123 Å². The molecule has 0 aromatic rings. The molecule has 43 nitrogen and oxygen atoms in total. The molecule has 0 aromatic carbocycles. The van der Waals surface area contributed by atoms with E-state index < -0.39 is 235 Å². The minimum Gasteiger partial charge on any atom is -0.481 e. The molecule has 0 aliphatic carbocycles. The maximum absolute atomic E-state index is 15.0. The van der Waals surface area contributed by atoms with Crippen molar-refractivity contribution in [3.05, 3.63) is 0 Å². The Labute approximate surface area is 652 Å². The lowest BCUT2D eigenvalue weighted by Crippen LogP contribution is -2.60. The van der Waals surface area contributed by atoms with Gasteiger partial charge in [0.1, 0.15) is 78.5 Å². The van der Waals surface area contributed by atoms with Gasteiger partial charge in [0.25, 0.3) is 0 Å². The van der Waals surface area contributed by atoms with Gasteiger partial charge in [0.05, 0.1) is 32.5 Å². The van der Waals surface area contributed by atoms with Crippen LogP contribution in [0.5, 0.6) is 0 Å². The molecule has 3 rings (SSSR count). The van der Waals surface area contributed by atoms with Gasteiger partial charge in [0.15, 0.2) is 11.9 Å². The highest BCUT2D eigenvalue weighted by atomic mass is 33.1. The van der Waals surface area contributed by atoms with E-state index >= 15 is 9.59 Å². The molecule has 111 heavy (non-hydrogen) atoms. The second kappa shape index (κ2) is 48.6. The van der Waals surface area contributed by atoms with Gasteiger partial charge in [-0.2, -0.15) is 11.8 Å². The lowest BCUT2D eigenvalue weighted by molar-refractivity contribution is -0.146. The number of hydrogen-bond acceptors (Lipinski definition) is 24. The summed E-state index contributed by atoms with van der Waals surface area (Å²) in [6.07, 6.45) is 0.223. The monoisotopic (exact) mass is 1630 g/mol. The Balaban J connectivity index is 2.20. The van der Waals surface area contributed by atoms with Crippen molar-refractivity contribution in [2.24, 2.45) is 50.5 Å². The number of aliphatic imine (C=N–C) groups is 2. The Hall–Kier alpha value is -9.99. The molecule has 3 aliphatic rings. The van der Waals surface area contributed by atoms with Crippen LogP contribution in [-0.4, -0.2) is 291 Å². The van der Waals surface area contributed by atoms with Gasteiger partial charge in [-0.15, -0.1) is 0 Å². The number of carboxylic acid groups (broad SMARTS) is 2.